The van der Waals surface area contributed by atoms with E-state index in [9.17, 15) is 9.59 Å². The number of hydrogen-bond acceptors (Lipinski definition) is 6. The first kappa shape index (κ1) is 21.3. The molecule has 0 radical (unpaired) electrons. The van der Waals surface area contributed by atoms with E-state index in [1.807, 2.05) is 0 Å². The van der Waals surface area contributed by atoms with Crippen LogP contribution in [-0.4, -0.2) is 44.2 Å². The Hall–Kier alpha value is -1.74. The van der Waals surface area contributed by atoms with Gasteiger partial charge >= 0.3 is 54.2 Å². The summed E-state index contributed by atoms with van der Waals surface area (Å²) in [4.78, 5) is 23.6. The zero-order chi connectivity index (χ0) is 18.7. The second kappa shape index (κ2) is 11.7. The van der Waals surface area contributed by atoms with Gasteiger partial charge in [0.05, 0.1) is 6.61 Å². The van der Waals surface area contributed by atoms with E-state index in [1.165, 1.54) is 31.1 Å². The van der Waals surface area contributed by atoms with Crippen LogP contribution in [0.25, 0.3) is 10.8 Å². The molecule has 0 unspecified atom stereocenters. The Morgan fingerprint density at radius 3 is 2.60 bits per heavy atom. The molecule has 0 spiro atoms. The Labute approximate surface area is 156 Å². The van der Waals surface area contributed by atoms with Gasteiger partial charge in [0.15, 0.2) is 6.79 Å². The minimum absolute atomic E-state index is 0.0121. The second-order valence-electron chi connectivity index (χ2n) is 5.24. The molecule has 1 aromatic carbocycles. The molecule has 132 valence electrons. The summed E-state index contributed by atoms with van der Waals surface area (Å²) < 4.78 is 19.9. The number of benzene rings is 1. The van der Waals surface area contributed by atoms with Crippen molar-refractivity contribution in [1.82, 2.24) is 0 Å². The quantitative estimate of drug-likeness (QED) is 0.436. The van der Waals surface area contributed by atoms with E-state index < -0.39 is 11.6 Å². The second-order valence-corrected chi connectivity index (χ2v) is 5.24. The topological polar surface area (TPSA) is 75.0 Å². The third-order valence-electron chi connectivity index (χ3n) is 3.27. The van der Waals surface area contributed by atoms with Gasteiger partial charge in [0, 0.05) is 7.11 Å². The molecule has 0 aliphatic heterocycles. The van der Waals surface area contributed by atoms with Crippen molar-refractivity contribution >= 4 is 34.5 Å². The van der Waals surface area contributed by atoms with E-state index >= 15 is 0 Å². The molecule has 2 rings (SSSR count). The predicted octanol–water partition coefficient (Wildman–Crippen LogP) is 3.33. The summed E-state index contributed by atoms with van der Waals surface area (Å²) in [6, 6.07) is 6.48. The van der Waals surface area contributed by atoms with Crippen LogP contribution in [0.3, 0.4) is 0 Å². The fraction of sp³-hybridized carbons (Fsp3) is 0.444. The number of carbonyl (C=O) groups excluding carboxylic acids is 1. The molecule has 0 aliphatic rings. The molecule has 0 saturated heterocycles. The maximum atomic E-state index is 12.0. The van der Waals surface area contributed by atoms with Gasteiger partial charge in [-0.1, -0.05) is 12.1 Å². The van der Waals surface area contributed by atoms with E-state index in [0.717, 1.165) is 0 Å². The molecule has 0 atom stereocenters. The summed E-state index contributed by atoms with van der Waals surface area (Å²) in [6.07, 6.45) is 2.73. The molecule has 1 aromatic heterocycles. The first-order valence-corrected chi connectivity index (χ1v) is 8.44. The van der Waals surface area contributed by atoms with E-state index in [-0.39, 0.29) is 24.5 Å². The predicted molar refractivity (Wildman–Crippen MR) is 96.4 cm³/mol. The van der Waals surface area contributed by atoms with Gasteiger partial charge < -0.3 is 18.6 Å². The van der Waals surface area contributed by atoms with E-state index in [0.29, 0.717) is 11.1 Å². The summed E-state index contributed by atoms with van der Waals surface area (Å²) in [5.74, 6) is -0.462. The Kier molecular flexibility index (Phi) is 10.0. The Morgan fingerprint density at radius 1 is 1.28 bits per heavy atom. The molecular formula is C18H23LiO6. The standard InChI is InChI=1S/C14H14O6.C4H9.Li/c1-3-18-13(15)11-7-9-5-4-6-10(19-8-17-2)12(9)14(16)20-11;1-3-4-2;/h4-7H,3,8H2,1-2H3;1,3-4H2,2H3;. The third-order valence-corrected chi connectivity index (χ3v) is 3.27. The minimum atomic E-state index is -0.672. The summed E-state index contributed by atoms with van der Waals surface area (Å²) in [5, 5.41) is 2.15. The zero-order valence-corrected chi connectivity index (χ0v) is 15.3. The number of carbonyl (C=O) groups is 1. The van der Waals surface area contributed by atoms with Crippen molar-refractivity contribution < 1.29 is 23.4 Å². The fourth-order valence-corrected chi connectivity index (χ4v) is 2.11. The van der Waals surface area contributed by atoms with Gasteiger partial charge in [-0.25, -0.2) is 9.59 Å². The van der Waals surface area contributed by atoms with Crippen molar-refractivity contribution in [3.63, 3.8) is 0 Å². The van der Waals surface area contributed by atoms with Gasteiger partial charge in [0.1, 0.15) is 11.1 Å². The first-order valence-electron chi connectivity index (χ1n) is 8.44. The molecule has 6 nitrogen and oxygen atoms in total. The average Bonchev–Trinajstić information content (AvgIpc) is 2.61. The molecule has 2 aromatic rings. The van der Waals surface area contributed by atoms with Gasteiger partial charge in [-0.2, -0.15) is 0 Å². The summed E-state index contributed by atoms with van der Waals surface area (Å²) >= 11 is 2.21. The SMILES string of the molecule is CCOC(=O)c1cc2cccc(OCOC)c2c(=O)o1.[Li][CH2]CCC. The van der Waals surface area contributed by atoms with Crippen LogP contribution in [0.1, 0.15) is 37.2 Å². The molecule has 1 heterocycles. The number of ether oxygens (including phenoxy) is 3. The van der Waals surface area contributed by atoms with Crippen LogP contribution in [0.5, 0.6) is 5.75 Å². The average molecular weight is 342 g/mol. The van der Waals surface area contributed by atoms with E-state index in [1.54, 1.807) is 25.1 Å². The molecular weight excluding hydrogens is 319 g/mol. The molecule has 0 bridgehead atoms. The van der Waals surface area contributed by atoms with E-state index in [4.69, 9.17) is 18.6 Å². The van der Waals surface area contributed by atoms with E-state index in [2.05, 4.69) is 24.6 Å². The number of fused-ring (bicyclic) bond motifs is 1. The van der Waals surface area contributed by atoms with Gasteiger partial charge in [-0.3, -0.25) is 0 Å². The number of rotatable bonds is 7. The van der Waals surface area contributed by atoms with Crippen LogP contribution < -0.4 is 10.4 Å². The van der Waals surface area contributed by atoms with Crippen LogP contribution in [0.15, 0.2) is 33.5 Å². The van der Waals surface area contributed by atoms with Crippen LogP contribution in [0.4, 0.5) is 0 Å². The third kappa shape index (κ3) is 6.58. The molecule has 0 aliphatic carbocycles. The van der Waals surface area contributed by atoms with Gasteiger partial charge in [-0.05, 0) is 24.4 Å². The monoisotopic (exact) mass is 342 g/mol. The van der Waals surface area contributed by atoms with Crippen LogP contribution >= 0.6 is 0 Å². The number of unbranched alkanes of at least 4 members (excludes halogenated alkanes) is 1. The molecule has 0 N–H and O–H groups in total. The van der Waals surface area contributed by atoms with Crippen LogP contribution in [-0.2, 0) is 9.47 Å². The molecule has 0 saturated carbocycles. The van der Waals surface area contributed by atoms with Gasteiger partial charge in [-0.15, -0.1) is 0 Å². The zero-order valence-electron chi connectivity index (χ0n) is 15.3. The van der Waals surface area contributed by atoms with Crippen LogP contribution in [0, 0.1) is 0 Å². The number of esters is 1. The normalized spacial score (nSPS) is 10.1. The summed E-state index contributed by atoms with van der Waals surface area (Å²) in [6.45, 7) is 4.10. The first-order chi connectivity index (χ1) is 12.1. The van der Waals surface area contributed by atoms with Gasteiger partial charge in [0.2, 0.25) is 5.76 Å². The Morgan fingerprint density at radius 2 is 2.04 bits per heavy atom. The Balaban J connectivity index is 0.000000550. The van der Waals surface area contributed by atoms with Crippen molar-refractivity contribution in [1.29, 1.82) is 0 Å². The van der Waals surface area contributed by atoms with Crippen molar-refractivity contribution in [2.75, 3.05) is 20.5 Å². The van der Waals surface area contributed by atoms with Crippen LogP contribution in [0.2, 0.25) is 5.09 Å². The maximum absolute atomic E-state index is 12.0. The van der Waals surface area contributed by atoms with Crippen molar-refractivity contribution in [2.45, 2.75) is 31.8 Å². The Bertz CT molecular complexity index is 723. The van der Waals surface area contributed by atoms with Gasteiger partial charge in [0.25, 0.3) is 0 Å². The number of methoxy groups -OCH3 is 1. The molecule has 25 heavy (non-hydrogen) atoms. The van der Waals surface area contributed by atoms with Crippen molar-refractivity contribution in [2.24, 2.45) is 0 Å². The molecule has 0 amide bonds. The summed E-state index contributed by atoms with van der Waals surface area (Å²) in [7, 11) is 1.48. The molecule has 0 fully saturated rings. The molecule has 7 heteroatoms. The van der Waals surface area contributed by atoms with Crippen molar-refractivity contribution in [3.05, 3.63) is 40.4 Å². The fourth-order valence-electron chi connectivity index (χ4n) is 2.11. The number of hydrogen-bond donors (Lipinski definition) is 0. The van der Waals surface area contributed by atoms with Crippen molar-refractivity contribution in [3.8, 4) is 5.75 Å². The summed E-state index contributed by atoms with van der Waals surface area (Å²) in [5.41, 5.74) is -0.655.